The average molecular weight is 493 g/mol. The third-order valence-corrected chi connectivity index (χ3v) is 4.14. The molecule has 1 aromatic carbocycles. The molecule has 136 valence electrons. The maximum atomic E-state index is 6.18. The fourth-order valence-electron chi connectivity index (χ4n) is 2.29. The number of rotatable bonds is 7. The van der Waals surface area contributed by atoms with Crippen molar-refractivity contribution in [3.05, 3.63) is 63.9 Å². The number of nitrogens with zero attached hydrogens (tertiary/aromatic N) is 2. The van der Waals surface area contributed by atoms with Crippen molar-refractivity contribution in [1.82, 2.24) is 15.6 Å². The monoisotopic (exact) mass is 492 g/mol. The number of halogens is 3. The van der Waals surface area contributed by atoms with Gasteiger partial charge in [0, 0.05) is 48.5 Å². The van der Waals surface area contributed by atoms with Crippen LogP contribution >= 0.6 is 47.2 Å². The van der Waals surface area contributed by atoms with Crippen molar-refractivity contribution < 1.29 is 0 Å². The van der Waals surface area contributed by atoms with Crippen LogP contribution in [0.3, 0.4) is 0 Å². The molecule has 0 saturated carbocycles. The summed E-state index contributed by atoms with van der Waals surface area (Å²) in [4.78, 5) is 8.53. The number of hydrogen-bond acceptors (Lipinski definition) is 2. The molecular formula is C18H23Cl2IN4. The second-order valence-corrected chi connectivity index (χ2v) is 6.18. The number of hydrogen-bond donors (Lipinski definition) is 2. The highest BCUT2D eigenvalue weighted by Crippen LogP contribution is 2.21. The number of benzene rings is 1. The van der Waals surface area contributed by atoms with E-state index in [9.17, 15) is 0 Å². The summed E-state index contributed by atoms with van der Waals surface area (Å²) < 4.78 is 0. The number of nitrogens with one attached hydrogen (secondary N) is 2. The molecule has 0 fully saturated rings. The third kappa shape index (κ3) is 8.25. The van der Waals surface area contributed by atoms with Gasteiger partial charge in [-0.2, -0.15) is 0 Å². The van der Waals surface area contributed by atoms with Gasteiger partial charge in [-0.25, -0.2) is 0 Å². The van der Waals surface area contributed by atoms with Crippen LogP contribution in [0.2, 0.25) is 10.0 Å². The highest BCUT2D eigenvalue weighted by molar-refractivity contribution is 14.0. The summed E-state index contributed by atoms with van der Waals surface area (Å²) in [6.45, 7) is 1.61. The minimum Gasteiger partial charge on any atom is -0.356 e. The lowest BCUT2D eigenvalue weighted by Crippen LogP contribution is -2.38. The number of aromatic nitrogens is 1. The minimum atomic E-state index is 0. The van der Waals surface area contributed by atoms with Crippen LogP contribution in [0.1, 0.15) is 17.7 Å². The normalized spacial score (nSPS) is 10.9. The van der Waals surface area contributed by atoms with Gasteiger partial charge in [0.1, 0.15) is 0 Å². The molecule has 0 radical (unpaired) electrons. The van der Waals surface area contributed by atoms with E-state index < -0.39 is 0 Å². The molecule has 0 bridgehead atoms. The molecule has 7 heteroatoms. The Hall–Kier alpha value is -1.05. The lowest BCUT2D eigenvalue weighted by Gasteiger charge is -2.12. The van der Waals surface area contributed by atoms with Crippen molar-refractivity contribution in [3.8, 4) is 0 Å². The first-order valence-electron chi connectivity index (χ1n) is 7.97. The summed E-state index contributed by atoms with van der Waals surface area (Å²) in [5.41, 5.74) is 2.18. The molecule has 2 N–H and O–H groups in total. The zero-order chi connectivity index (χ0) is 17.2. The van der Waals surface area contributed by atoms with Crippen molar-refractivity contribution >= 4 is 53.1 Å². The summed E-state index contributed by atoms with van der Waals surface area (Å²) in [5, 5.41) is 7.99. The van der Waals surface area contributed by atoms with Crippen LogP contribution in [-0.2, 0) is 12.8 Å². The number of pyridine rings is 1. The highest BCUT2D eigenvalue weighted by Gasteiger charge is 2.02. The predicted molar refractivity (Wildman–Crippen MR) is 118 cm³/mol. The Balaban J connectivity index is 0.00000312. The molecule has 0 aliphatic heterocycles. The van der Waals surface area contributed by atoms with Crippen molar-refractivity contribution in [3.63, 3.8) is 0 Å². The van der Waals surface area contributed by atoms with Crippen LogP contribution in [0, 0.1) is 0 Å². The highest BCUT2D eigenvalue weighted by atomic mass is 127. The van der Waals surface area contributed by atoms with Crippen LogP contribution in [0.15, 0.2) is 47.6 Å². The SMILES string of the molecule is CN=C(NCCCc1ccc(Cl)cc1Cl)NCCc1ccccn1.I. The van der Waals surface area contributed by atoms with E-state index in [1.807, 2.05) is 36.5 Å². The van der Waals surface area contributed by atoms with Crippen LogP contribution in [0.25, 0.3) is 0 Å². The second-order valence-electron chi connectivity index (χ2n) is 5.34. The van der Waals surface area contributed by atoms with Gasteiger partial charge in [-0.15, -0.1) is 24.0 Å². The molecule has 25 heavy (non-hydrogen) atoms. The first kappa shape index (κ1) is 22.0. The van der Waals surface area contributed by atoms with Crippen molar-refractivity contribution in [2.75, 3.05) is 20.1 Å². The maximum Gasteiger partial charge on any atom is 0.190 e. The van der Waals surface area contributed by atoms with Gasteiger partial charge >= 0.3 is 0 Å². The Bertz CT molecular complexity index is 665. The van der Waals surface area contributed by atoms with E-state index >= 15 is 0 Å². The number of guanidine groups is 1. The zero-order valence-corrected chi connectivity index (χ0v) is 18.0. The van der Waals surface area contributed by atoms with E-state index in [1.165, 1.54) is 0 Å². The van der Waals surface area contributed by atoms with Gasteiger partial charge in [-0.3, -0.25) is 9.98 Å². The number of aliphatic imine (C=N–C) groups is 1. The van der Waals surface area contributed by atoms with Crippen LogP contribution in [0.4, 0.5) is 0 Å². The molecule has 0 saturated heterocycles. The van der Waals surface area contributed by atoms with Gasteiger partial charge in [0.25, 0.3) is 0 Å². The van der Waals surface area contributed by atoms with Gasteiger partial charge < -0.3 is 10.6 Å². The minimum absolute atomic E-state index is 0. The van der Waals surface area contributed by atoms with Gasteiger partial charge in [0.05, 0.1) is 0 Å². The van der Waals surface area contributed by atoms with Gasteiger partial charge in [0.15, 0.2) is 5.96 Å². The zero-order valence-electron chi connectivity index (χ0n) is 14.1. The molecule has 0 aliphatic carbocycles. The fraction of sp³-hybridized carbons (Fsp3) is 0.333. The molecule has 2 rings (SSSR count). The summed E-state index contributed by atoms with van der Waals surface area (Å²) in [5.74, 6) is 0.799. The first-order valence-corrected chi connectivity index (χ1v) is 8.73. The molecule has 0 atom stereocenters. The molecule has 0 aliphatic rings. The molecule has 0 unspecified atom stereocenters. The number of aryl methyl sites for hydroxylation is 1. The topological polar surface area (TPSA) is 49.3 Å². The van der Waals surface area contributed by atoms with E-state index in [4.69, 9.17) is 23.2 Å². The van der Waals surface area contributed by atoms with Crippen molar-refractivity contribution in [2.45, 2.75) is 19.3 Å². The van der Waals surface area contributed by atoms with Gasteiger partial charge in [-0.05, 0) is 42.7 Å². The molecule has 1 heterocycles. The molecular weight excluding hydrogens is 470 g/mol. The Kier molecular flexibility index (Phi) is 10.8. The Morgan fingerprint density at radius 1 is 1.08 bits per heavy atom. The van der Waals surface area contributed by atoms with Crippen LogP contribution < -0.4 is 10.6 Å². The smallest absolute Gasteiger partial charge is 0.190 e. The maximum absolute atomic E-state index is 6.18. The summed E-state index contributed by atoms with van der Waals surface area (Å²) in [6.07, 6.45) is 4.53. The molecule has 1 aromatic heterocycles. The largest absolute Gasteiger partial charge is 0.356 e. The van der Waals surface area contributed by atoms with E-state index in [0.29, 0.717) is 5.02 Å². The molecule has 2 aromatic rings. The van der Waals surface area contributed by atoms with Gasteiger partial charge in [0.2, 0.25) is 0 Å². The summed E-state index contributed by atoms with van der Waals surface area (Å²) in [6, 6.07) is 11.6. The standard InChI is InChI=1S/C18H22Cl2N4.HI/c1-21-18(24-12-9-16-6-2-3-10-22-16)23-11-4-5-14-7-8-15(19)13-17(14)20;/h2-3,6-8,10,13H,4-5,9,11-12H2,1H3,(H2,21,23,24);1H. The molecule has 0 spiro atoms. The fourth-order valence-corrected chi connectivity index (χ4v) is 2.79. The van der Waals surface area contributed by atoms with E-state index in [1.54, 1.807) is 13.1 Å². The Labute approximate surface area is 176 Å². The van der Waals surface area contributed by atoms with Crippen molar-refractivity contribution in [1.29, 1.82) is 0 Å². The summed E-state index contributed by atoms with van der Waals surface area (Å²) in [7, 11) is 1.77. The quantitative estimate of drug-likeness (QED) is 0.261. The van der Waals surface area contributed by atoms with Crippen LogP contribution in [0.5, 0.6) is 0 Å². The first-order chi connectivity index (χ1) is 11.7. The lowest BCUT2D eigenvalue weighted by molar-refractivity contribution is 0.736. The van der Waals surface area contributed by atoms with E-state index in [0.717, 1.165) is 54.6 Å². The van der Waals surface area contributed by atoms with Crippen molar-refractivity contribution in [2.24, 2.45) is 4.99 Å². The van der Waals surface area contributed by atoms with E-state index in [-0.39, 0.29) is 24.0 Å². The lowest BCUT2D eigenvalue weighted by atomic mass is 10.1. The van der Waals surface area contributed by atoms with Crippen LogP contribution in [-0.4, -0.2) is 31.1 Å². The Morgan fingerprint density at radius 2 is 1.88 bits per heavy atom. The molecule has 4 nitrogen and oxygen atoms in total. The second kappa shape index (κ2) is 12.3. The van der Waals surface area contributed by atoms with E-state index in [2.05, 4.69) is 20.6 Å². The average Bonchev–Trinajstić information content (AvgIpc) is 2.59. The molecule has 0 amide bonds. The third-order valence-electron chi connectivity index (χ3n) is 3.55. The predicted octanol–water partition coefficient (Wildman–Crippen LogP) is 4.35. The van der Waals surface area contributed by atoms with Gasteiger partial charge in [-0.1, -0.05) is 35.3 Å². The summed E-state index contributed by atoms with van der Waals surface area (Å²) >= 11 is 12.1. The Morgan fingerprint density at radius 3 is 2.56 bits per heavy atom.